The minimum Gasteiger partial charge on any atom is -0.321 e. The Labute approximate surface area is 97.2 Å². The molecule has 1 aromatic heterocycles. The molecular weight excluding hydrogens is 226 g/mol. The topological polar surface area (TPSA) is 138 Å². The number of nitrogens with two attached hydrogens (primary N) is 2. The molecule has 1 unspecified atom stereocenters. The van der Waals surface area contributed by atoms with E-state index in [2.05, 4.69) is 9.97 Å². The highest BCUT2D eigenvalue weighted by atomic mass is 16.6. The van der Waals surface area contributed by atoms with Gasteiger partial charge in [-0.1, -0.05) is 0 Å². The minimum absolute atomic E-state index is 0.195. The summed E-state index contributed by atoms with van der Waals surface area (Å²) in [5.74, 6) is 0.286. The number of rotatable bonds is 6. The van der Waals surface area contributed by atoms with E-state index in [4.69, 9.17) is 11.5 Å². The Morgan fingerprint density at radius 1 is 1.35 bits per heavy atom. The van der Waals surface area contributed by atoms with Crippen LogP contribution in [0.5, 0.6) is 0 Å². The van der Waals surface area contributed by atoms with E-state index >= 15 is 0 Å². The normalized spacial score (nSPS) is 14.0. The van der Waals surface area contributed by atoms with Crippen molar-refractivity contribution in [2.45, 2.75) is 24.9 Å². The Morgan fingerprint density at radius 3 is 2.41 bits per heavy atom. The lowest BCUT2D eigenvalue weighted by Gasteiger charge is -2.10. The summed E-state index contributed by atoms with van der Waals surface area (Å²) >= 11 is 0. The highest BCUT2D eigenvalue weighted by Crippen LogP contribution is 2.14. The molecule has 17 heavy (non-hydrogen) atoms. The second-order valence-electron chi connectivity index (χ2n) is 3.46. The van der Waals surface area contributed by atoms with Crippen molar-refractivity contribution in [2.24, 2.45) is 11.5 Å². The molecule has 1 heterocycles. The van der Waals surface area contributed by atoms with E-state index in [0.29, 0.717) is 12.8 Å². The molecule has 0 aliphatic rings. The summed E-state index contributed by atoms with van der Waals surface area (Å²) in [5, 5.41) is 10.4. The molecule has 0 saturated heterocycles. The van der Waals surface area contributed by atoms with Crippen LogP contribution in [0.1, 0.15) is 24.7 Å². The highest BCUT2D eigenvalue weighted by Gasteiger charge is 2.13. The molecule has 1 radical (unpaired) electrons. The van der Waals surface area contributed by atoms with Gasteiger partial charge in [-0.2, -0.15) is 0 Å². The molecule has 1 rings (SSSR count). The molecule has 0 amide bonds. The van der Waals surface area contributed by atoms with E-state index in [-0.39, 0.29) is 11.5 Å². The van der Waals surface area contributed by atoms with Gasteiger partial charge in [-0.3, -0.25) is 14.9 Å². The summed E-state index contributed by atoms with van der Waals surface area (Å²) < 4.78 is 0. The van der Waals surface area contributed by atoms with Crippen molar-refractivity contribution >= 4 is 12.0 Å². The lowest BCUT2D eigenvalue weighted by molar-refractivity contribution is -0.385. The summed E-state index contributed by atoms with van der Waals surface area (Å²) in [6.45, 7) is 0. The maximum atomic E-state index is 10.4. The lowest BCUT2D eigenvalue weighted by Crippen LogP contribution is -2.24. The van der Waals surface area contributed by atoms with E-state index in [9.17, 15) is 14.9 Å². The Balaban J connectivity index is 2.60. The van der Waals surface area contributed by atoms with Gasteiger partial charge in [0.1, 0.15) is 18.2 Å². The average molecular weight is 238 g/mol. The number of hydrogen-bond donors (Lipinski definition) is 2. The van der Waals surface area contributed by atoms with Gasteiger partial charge in [0.2, 0.25) is 6.29 Å². The van der Waals surface area contributed by atoms with Crippen molar-refractivity contribution in [1.82, 2.24) is 9.97 Å². The van der Waals surface area contributed by atoms with Crippen LogP contribution < -0.4 is 11.5 Å². The molecule has 4 N–H and O–H groups in total. The van der Waals surface area contributed by atoms with E-state index in [1.165, 1.54) is 0 Å². The van der Waals surface area contributed by atoms with Crippen LogP contribution in [0.15, 0.2) is 12.4 Å². The molecule has 0 saturated carbocycles. The summed E-state index contributed by atoms with van der Waals surface area (Å²) in [7, 11) is 0. The summed E-state index contributed by atoms with van der Waals surface area (Å²) in [5.41, 5.74) is 10.9. The van der Waals surface area contributed by atoms with Crippen LogP contribution >= 0.6 is 0 Å². The molecule has 2 atom stereocenters. The molecule has 0 spiro atoms. The van der Waals surface area contributed by atoms with Gasteiger partial charge in [0.05, 0.1) is 17.0 Å². The van der Waals surface area contributed by atoms with Gasteiger partial charge in [-0.25, -0.2) is 9.97 Å². The zero-order valence-electron chi connectivity index (χ0n) is 8.94. The van der Waals surface area contributed by atoms with Gasteiger partial charge in [0, 0.05) is 0 Å². The smallest absolute Gasteiger partial charge is 0.305 e. The third-order valence-corrected chi connectivity index (χ3v) is 2.14. The van der Waals surface area contributed by atoms with Crippen LogP contribution in [0.2, 0.25) is 0 Å². The predicted octanol–water partition coefficient (Wildman–Crippen LogP) is -0.398. The number of nitrogens with zero attached hydrogens (tertiary/aromatic N) is 3. The van der Waals surface area contributed by atoms with Crippen LogP contribution in [0.25, 0.3) is 0 Å². The Bertz CT molecular complexity index is 394. The Kier molecular flexibility index (Phi) is 4.61. The summed E-state index contributed by atoms with van der Waals surface area (Å²) in [6, 6.07) is -1.19. The number of hydrogen-bond acceptors (Lipinski definition) is 7. The van der Waals surface area contributed by atoms with Gasteiger partial charge in [0.15, 0.2) is 0 Å². The fourth-order valence-electron chi connectivity index (χ4n) is 1.16. The lowest BCUT2D eigenvalue weighted by atomic mass is 10.1. The van der Waals surface area contributed by atoms with Crippen LogP contribution in [-0.4, -0.2) is 27.2 Å². The molecule has 91 valence electrons. The average Bonchev–Trinajstić information content (AvgIpc) is 2.35. The van der Waals surface area contributed by atoms with Crippen LogP contribution in [0, 0.1) is 10.1 Å². The van der Waals surface area contributed by atoms with Crippen molar-refractivity contribution in [3.05, 3.63) is 28.3 Å². The summed E-state index contributed by atoms with van der Waals surface area (Å²) in [6.07, 6.45) is 4.60. The van der Waals surface area contributed by atoms with Gasteiger partial charge < -0.3 is 11.5 Å². The first-order valence-electron chi connectivity index (χ1n) is 4.89. The molecule has 0 fully saturated rings. The molecule has 0 bridgehead atoms. The van der Waals surface area contributed by atoms with E-state index in [1.54, 1.807) is 6.29 Å². The minimum atomic E-state index is -0.681. The quantitative estimate of drug-likeness (QED) is 0.507. The SMILES string of the molecule is NC(CC[C@H](N)[C]=O)c1ncc([N+](=O)[O-])cn1. The summed E-state index contributed by atoms with van der Waals surface area (Å²) in [4.78, 5) is 27.5. The first-order chi connectivity index (χ1) is 8.04. The fraction of sp³-hybridized carbons (Fsp3) is 0.444. The zero-order chi connectivity index (χ0) is 12.8. The van der Waals surface area contributed by atoms with Crippen molar-refractivity contribution in [3.63, 3.8) is 0 Å². The molecule has 8 nitrogen and oxygen atoms in total. The monoisotopic (exact) mass is 238 g/mol. The third kappa shape index (κ3) is 3.85. The standard InChI is InChI=1S/C9H12N5O3/c10-6(5-15)1-2-8(11)9-12-3-7(4-13-9)14(16)17/h3-4,6,8H,1-2,10-11H2/t6-,8?/m0/s1. The molecular formula is C9H12N5O3. The number of aromatic nitrogens is 2. The second-order valence-corrected chi connectivity index (χ2v) is 3.46. The predicted molar refractivity (Wildman–Crippen MR) is 58.5 cm³/mol. The van der Waals surface area contributed by atoms with Crippen molar-refractivity contribution in [1.29, 1.82) is 0 Å². The van der Waals surface area contributed by atoms with Crippen LogP contribution in [0.3, 0.4) is 0 Å². The molecule has 0 aliphatic carbocycles. The number of carbonyl (C=O) groups excluding carboxylic acids is 1. The van der Waals surface area contributed by atoms with Gasteiger partial charge >= 0.3 is 5.69 Å². The Hall–Kier alpha value is -1.93. The van der Waals surface area contributed by atoms with Crippen molar-refractivity contribution < 1.29 is 9.72 Å². The van der Waals surface area contributed by atoms with Crippen molar-refractivity contribution in [2.75, 3.05) is 0 Å². The van der Waals surface area contributed by atoms with Crippen LogP contribution in [0.4, 0.5) is 5.69 Å². The largest absolute Gasteiger partial charge is 0.321 e. The highest BCUT2D eigenvalue weighted by molar-refractivity contribution is 5.57. The van der Waals surface area contributed by atoms with Crippen molar-refractivity contribution in [3.8, 4) is 0 Å². The van der Waals surface area contributed by atoms with Crippen LogP contribution in [-0.2, 0) is 4.79 Å². The fourth-order valence-corrected chi connectivity index (χ4v) is 1.16. The van der Waals surface area contributed by atoms with E-state index in [0.717, 1.165) is 12.4 Å². The molecule has 1 aromatic rings. The first-order valence-corrected chi connectivity index (χ1v) is 4.89. The number of nitro groups is 1. The first kappa shape index (κ1) is 13.1. The molecule has 0 aromatic carbocycles. The molecule has 0 aliphatic heterocycles. The van der Waals surface area contributed by atoms with Gasteiger partial charge in [-0.05, 0) is 12.8 Å². The van der Waals surface area contributed by atoms with E-state index in [1.807, 2.05) is 0 Å². The maximum Gasteiger partial charge on any atom is 0.305 e. The zero-order valence-corrected chi connectivity index (χ0v) is 8.94. The maximum absolute atomic E-state index is 10.4. The Morgan fingerprint density at radius 2 is 1.94 bits per heavy atom. The van der Waals surface area contributed by atoms with Gasteiger partial charge in [0.25, 0.3) is 0 Å². The molecule has 8 heteroatoms. The van der Waals surface area contributed by atoms with Gasteiger partial charge in [-0.15, -0.1) is 0 Å². The second kappa shape index (κ2) is 5.97. The van der Waals surface area contributed by atoms with E-state index < -0.39 is 17.0 Å². The third-order valence-electron chi connectivity index (χ3n) is 2.14.